The molecular formula is C50H29N5. The van der Waals surface area contributed by atoms with Gasteiger partial charge in [-0.3, -0.25) is 0 Å². The molecule has 8 aromatic carbocycles. The summed E-state index contributed by atoms with van der Waals surface area (Å²) in [6, 6.07) is 66.0. The van der Waals surface area contributed by atoms with Gasteiger partial charge in [-0.15, -0.1) is 0 Å². The summed E-state index contributed by atoms with van der Waals surface area (Å²) in [6.07, 6.45) is 0. The molecule has 11 rings (SSSR count). The molecule has 0 bridgehead atoms. The fraction of sp³-hybridized carbons (Fsp3) is 0. The molecule has 0 amide bonds. The van der Waals surface area contributed by atoms with Crippen molar-refractivity contribution in [1.82, 2.24) is 13.7 Å². The van der Waals surface area contributed by atoms with E-state index in [0.29, 0.717) is 11.1 Å². The van der Waals surface area contributed by atoms with Gasteiger partial charge in [-0.05, 0) is 90.0 Å². The van der Waals surface area contributed by atoms with Gasteiger partial charge in [-0.1, -0.05) is 97.1 Å². The first-order valence-electron chi connectivity index (χ1n) is 18.3. The molecule has 0 fully saturated rings. The van der Waals surface area contributed by atoms with E-state index in [1.165, 1.54) is 10.8 Å². The summed E-state index contributed by atoms with van der Waals surface area (Å²) in [5, 5.41) is 27.1. The Bertz CT molecular complexity index is 3420. The fourth-order valence-electron chi connectivity index (χ4n) is 8.69. The first-order valence-corrected chi connectivity index (χ1v) is 18.3. The van der Waals surface area contributed by atoms with Crippen LogP contribution >= 0.6 is 0 Å². The zero-order chi connectivity index (χ0) is 36.6. The number of para-hydroxylation sites is 4. The molecule has 254 valence electrons. The fourth-order valence-corrected chi connectivity index (χ4v) is 8.69. The van der Waals surface area contributed by atoms with Gasteiger partial charge in [0.2, 0.25) is 0 Å². The van der Waals surface area contributed by atoms with Gasteiger partial charge >= 0.3 is 0 Å². The zero-order valence-electron chi connectivity index (χ0n) is 29.5. The van der Waals surface area contributed by atoms with Crippen molar-refractivity contribution in [2.75, 3.05) is 0 Å². The minimum absolute atomic E-state index is 0.598. The predicted molar refractivity (Wildman–Crippen MR) is 224 cm³/mol. The quantitative estimate of drug-likeness (QED) is 0.184. The Kier molecular flexibility index (Phi) is 6.61. The summed E-state index contributed by atoms with van der Waals surface area (Å²) in [4.78, 5) is 0. The number of fused-ring (bicyclic) bond motifs is 9. The van der Waals surface area contributed by atoms with Gasteiger partial charge in [0.05, 0.1) is 56.0 Å². The minimum atomic E-state index is 0.598. The molecule has 0 saturated carbocycles. The third-order valence-corrected chi connectivity index (χ3v) is 11.1. The highest BCUT2D eigenvalue weighted by Gasteiger charge is 2.19. The Hall–Kier alpha value is -7.86. The molecule has 0 atom stereocenters. The minimum Gasteiger partial charge on any atom is -0.309 e. The number of aromatic nitrogens is 3. The van der Waals surface area contributed by atoms with Crippen molar-refractivity contribution >= 4 is 65.4 Å². The van der Waals surface area contributed by atoms with Crippen LogP contribution < -0.4 is 0 Å². The van der Waals surface area contributed by atoms with E-state index in [2.05, 4.69) is 165 Å². The number of rotatable bonds is 4. The zero-order valence-corrected chi connectivity index (χ0v) is 29.5. The summed E-state index contributed by atoms with van der Waals surface area (Å²) >= 11 is 0. The maximum absolute atomic E-state index is 10.6. The summed E-state index contributed by atoms with van der Waals surface area (Å²) in [5.74, 6) is 0. The second kappa shape index (κ2) is 11.8. The van der Waals surface area contributed by atoms with E-state index in [1.807, 2.05) is 36.4 Å². The van der Waals surface area contributed by atoms with Gasteiger partial charge in [0.1, 0.15) is 6.07 Å². The molecule has 0 spiro atoms. The molecule has 0 radical (unpaired) electrons. The van der Waals surface area contributed by atoms with Crippen molar-refractivity contribution in [2.24, 2.45) is 0 Å². The van der Waals surface area contributed by atoms with E-state index in [0.717, 1.165) is 82.8 Å². The monoisotopic (exact) mass is 699 g/mol. The van der Waals surface area contributed by atoms with Crippen LogP contribution in [-0.4, -0.2) is 13.7 Å². The highest BCUT2D eigenvalue weighted by atomic mass is 15.0. The molecular weight excluding hydrogens is 671 g/mol. The summed E-state index contributed by atoms with van der Waals surface area (Å²) in [6.45, 7) is 0. The first kappa shape index (κ1) is 30.7. The van der Waals surface area contributed by atoms with Crippen LogP contribution in [0, 0.1) is 22.7 Å². The second-order valence-electron chi connectivity index (χ2n) is 14.0. The van der Waals surface area contributed by atoms with Crippen LogP contribution in [0.3, 0.4) is 0 Å². The number of benzene rings is 8. The topological polar surface area (TPSA) is 62.4 Å². The van der Waals surface area contributed by atoms with E-state index in [9.17, 15) is 10.5 Å². The molecule has 0 N–H and O–H groups in total. The maximum Gasteiger partial charge on any atom is 0.101 e. The Morgan fingerprint density at radius 1 is 0.327 bits per heavy atom. The van der Waals surface area contributed by atoms with Crippen molar-refractivity contribution in [3.63, 3.8) is 0 Å². The summed E-state index contributed by atoms with van der Waals surface area (Å²) < 4.78 is 6.87. The molecule has 0 unspecified atom stereocenters. The Morgan fingerprint density at radius 3 is 1.47 bits per heavy atom. The number of nitrogens with zero attached hydrogens (tertiary/aromatic N) is 5. The van der Waals surface area contributed by atoms with Crippen molar-refractivity contribution in [3.05, 3.63) is 187 Å². The molecule has 11 aromatic rings. The Morgan fingerprint density at radius 2 is 0.855 bits per heavy atom. The third-order valence-electron chi connectivity index (χ3n) is 11.1. The Labute approximate surface area is 316 Å². The lowest BCUT2D eigenvalue weighted by molar-refractivity contribution is 1.15. The Balaban J connectivity index is 1.12. The third kappa shape index (κ3) is 4.51. The van der Waals surface area contributed by atoms with Crippen molar-refractivity contribution in [1.29, 1.82) is 10.5 Å². The van der Waals surface area contributed by atoms with Gasteiger partial charge in [0, 0.05) is 43.7 Å². The van der Waals surface area contributed by atoms with Crippen LogP contribution in [0.1, 0.15) is 11.1 Å². The van der Waals surface area contributed by atoms with Crippen LogP contribution in [0.25, 0.3) is 93.6 Å². The van der Waals surface area contributed by atoms with Crippen molar-refractivity contribution < 1.29 is 0 Å². The normalized spacial score (nSPS) is 11.6. The van der Waals surface area contributed by atoms with Crippen molar-refractivity contribution in [3.8, 4) is 40.3 Å². The van der Waals surface area contributed by atoms with E-state index in [-0.39, 0.29) is 0 Å². The van der Waals surface area contributed by atoms with Crippen LogP contribution in [0.4, 0.5) is 0 Å². The van der Waals surface area contributed by atoms with E-state index in [4.69, 9.17) is 0 Å². The van der Waals surface area contributed by atoms with Gasteiger partial charge in [-0.2, -0.15) is 10.5 Å². The second-order valence-corrected chi connectivity index (χ2v) is 14.0. The molecule has 3 heterocycles. The smallest absolute Gasteiger partial charge is 0.101 e. The molecule has 0 aliphatic heterocycles. The highest BCUT2D eigenvalue weighted by molar-refractivity contribution is 6.12. The van der Waals surface area contributed by atoms with E-state index < -0.39 is 0 Å². The van der Waals surface area contributed by atoms with Crippen LogP contribution in [0.15, 0.2) is 176 Å². The van der Waals surface area contributed by atoms with E-state index in [1.54, 1.807) is 0 Å². The standard InChI is InChI=1S/C50H29N5/c51-30-32-20-25-48-43(26-32)41-15-4-7-18-46(41)53(48)36-11-9-10-33(27-36)34-21-22-35(31-52)49(28-34)55-47-19-8-3-14-40(47)42-24-23-37(29-50(42)55)54-44-16-5-1-12-38(44)39-13-2-6-17-45(39)54/h1-29H. The molecule has 0 saturated heterocycles. The molecule has 5 heteroatoms. The van der Waals surface area contributed by atoms with Crippen LogP contribution in [0.5, 0.6) is 0 Å². The largest absolute Gasteiger partial charge is 0.309 e. The lowest BCUT2D eigenvalue weighted by Gasteiger charge is -2.15. The lowest BCUT2D eigenvalue weighted by atomic mass is 10.0. The lowest BCUT2D eigenvalue weighted by Crippen LogP contribution is -2.00. The molecule has 0 aliphatic rings. The van der Waals surface area contributed by atoms with Gasteiger partial charge in [0.15, 0.2) is 0 Å². The SMILES string of the molecule is N#Cc1ccc2c(c1)c1ccccc1n2-c1cccc(-c2ccc(C#N)c(-n3c4ccccc4c4ccc(-n5c6ccccc6c6ccccc65)cc43)c2)c1. The highest BCUT2D eigenvalue weighted by Crippen LogP contribution is 2.39. The van der Waals surface area contributed by atoms with Gasteiger partial charge in [0.25, 0.3) is 0 Å². The average molecular weight is 700 g/mol. The summed E-state index contributed by atoms with van der Waals surface area (Å²) in [5.41, 5.74) is 12.7. The van der Waals surface area contributed by atoms with Crippen LogP contribution in [0.2, 0.25) is 0 Å². The maximum atomic E-state index is 10.6. The number of hydrogen-bond acceptors (Lipinski definition) is 2. The molecule has 0 aliphatic carbocycles. The average Bonchev–Trinajstić information content (AvgIpc) is 3.88. The number of hydrogen-bond donors (Lipinski definition) is 0. The van der Waals surface area contributed by atoms with Gasteiger partial charge < -0.3 is 13.7 Å². The van der Waals surface area contributed by atoms with Crippen LogP contribution in [-0.2, 0) is 0 Å². The van der Waals surface area contributed by atoms with E-state index >= 15 is 0 Å². The number of nitriles is 2. The molecule has 3 aromatic heterocycles. The summed E-state index contributed by atoms with van der Waals surface area (Å²) in [7, 11) is 0. The van der Waals surface area contributed by atoms with Gasteiger partial charge in [-0.25, -0.2) is 0 Å². The predicted octanol–water partition coefficient (Wildman–Crippen LogP) is 12.4. The molecule has 55 heavy (non-hydrogen) atoms. The molecule has 5 nitrogen and oxygen atoms in total. The van der Waals surface area contributed by atoms with Crippen molar-refractivity contribution in [2.45, 2.75) is 0 Å². The first-order chi connectivity index (χ1) is 27.2.